The summed E-state index contributed by atoms with van der Waals surface area (Å²) in [6.07, 6.45) is 2.05. The standard InChI is InChI=1S/C12H9BrFN3O2/c13-7-3-4-9(14)8(5-7)10(18)15-12-17-16-11(19-12)6-1-2-6/h3-6H,1-2H2,(H,15,17,18). The van der Waals surface area contributed by atoms with Gasteiger partial charge in [-0.25, -0.2) is 4.39 Å². The van der Waals surface area contributed by atoms with E-state index < -0.39 is 11.7 Å². The number of nitrogens with zero attached hydrogens (tertiary/aromatic N) is 2. The lowest BCUT2D eigenvalue weighted by atomic mass is 10.2. The maximum atomic E-state index is 13.5. The van der Waals surface area contributed by atoms with Crippen LogP contribution in [0, 0.1) is 5.82 Å². The van der Waals surface area contributed by atoms with Crippen LogP contribution in [0.25, 0.3) is 0 Å². The summed E-state index contributed by atoms with van der Waals surface area (Å²) in [5.41, 5.74) is -0.0828. The third-order valence-corrected chi connectivity index (χ3v) is 3.25. The van der Waals surface area contributed by atoms with Crippen molar-refractivity contribution < 1.29 is 13.6 Å². The summed E-state index contributed by atoms with van der Waals surface area (Å²) in [5, 5.41) is 9.93. The summed E-state index contributed by atoms with van der Waals surface area (Å²) in [6, 6.07) is 4.11. The van der Waals surface area contributed by atoms with Crippen LogP contribution in [0.5, 0.6) is 0 Å². The lowest BCUT2D eigenvalue weighted by Crippen LogP contribution is -2.14. The first-order valence-corrected chi connectivity index (χ1v) is 6.52. The Morgan fingerprint density at radius 2 is 2.21 bits per heavy atom. The summed E-state index contributed by atoms with van der Waals surface area (Å²) in [6.45, 7) is 0. The highest BCUT2D eigenvalue weighted by Gasteiger charge is 2.29. The van der Waals surface area contributed by atoms with Crippen molar-refractivity contribution in [2.75, 3.05) is 5.32 Å². The molecule has 1 aromatic heterocycles. The molecule has 3 rings (SSSR count). The van der Waals surface area contributed by atoms with Crippen molar-refractivity contribution in [3.8, 4) is 0 Å². The quantitative estimate of drug-likeness (QED) is 0.941. The van der Waals surface area contributed by atoms with Crippen molar-refractivity contribution in [3.63, 3.8) is 0 Å². The zero-order valence-electron chi connectivity index (χ0n) is 9.69. The van der Waals surface area contributed by atoms with Crippen molar-refractivity contribution in [1.29, 1.82) is 0 Å². The van der Waals surface area contributed by atoms with Gasteiger partial charge in [0.15, 0.2) is 0 Å². The van der Waals surface area contributed by atoms with Crippen LogP contribution in [0.3, 0.4) is 0 Å². The Morgan fingerprint density at radius 1 is 1.42 bits per heavy atom. The predicted molar refractivity (Wildman–Crippen MR) is 68.3 cm³/mol. The Balaban J connectivity index is 1.77. The molecule has 0 atom stereocenters. The Kier molecular flexibility index (Phi) is 3.06. The van der Waals surface area contributed by atoms with Gasteiger partial charge in [-0.1, -0.05) is 21.0 Å². The van der Waals surface area contributed by atoms with E-state index in [0.29, 0.717) is 16.3 Å². The Morgan fingerprint density at radius 3 is 2.95 bits per heavy atom. The van der Waals surface area contributed by atoms with E-state index in [1.807, 2.05) is 0 Å². The third-order valence-electron chi connectivity index (χ3n) is 2.76. The van der Waals surface area contributed by atoms with Gasteiger partial charge < -0.3 is 4.42 Å². The SMILES string of the molecule is O=C(Nc1nnc(C2CC2)o1)c1cc(Br)ccc1F. The van der Waals surface area contributed by atoms with Gasteiger partial charge in [-0.2, -0.15) is 0 Å². The van der Waals surface area contributed by atoms with E-state index in [1.54, 1.807) is 0 Å². The van der Waals surface area contributed by atoms with Gasteiger partial charge in [0.25, 0.3) is 5.91 Å². The highest BCUT2D eigenvalue weighted by atomic mass is 79.9. The van der Waals surface area contributed by atoms with Crippen LogP contribution in [0.2, 0.25) is 0 Å². The van der Waals surface area contributed by atoms with Gasteiger partial charge in [-0.15, -0.1) is 5.10 Å². The monoisotopic (exact) mass is 325 g/mol. The average Bonchev–Trinajstić information content (AvgIpc) is 3.13. The lowest BCUT2D eigenvalue weighted by molar-refractivity contribution is 0.102. The molecule has 7 heteroatoms. The van der Waals surface area contributed by atoms with E-state index in [4.69, 9.17) is 4.42 Å². The molecule has 0 unspecified atom stereocenters. The number of rotatable bonds is 3. The van der Waals surface area contributed by atoms with Gasteiger partial charge in [0.05, 0.1) is 5.56 Å². The number of carbonyl (C=O) groups excluding carboxylic acids is 1. The van der Waals surface area contributed by atoms with E-state index in [-0.39, 0.29) is 11.6 Å². The smallest absolute Gasteiger partial charge is 0.322 e. The van der Waals surface area contributed by atoms with Crippen molar-refractivity contribution in [2.24, 2.45) is 0 Å². The molecule has 0 saturated heterocycles. The fourth-order valence-electron chi connectivity index (χ4n) is 1.62. The van der Waals surface area contributed by atoms with E-state index in [9.17, 15) is 9.18 Å². The number of halogens is 2. The van der Waals surface area contributed by atoms with E-state index >= 15 is 0 Å². The molecule has 1 amide bonds. The molecule has 1 fully saturated rings. The van der Waals surface area contributed by atoms with Crippen molar-refractivity contribution in [1.82, 2.24) is 10.2 Å². The molecule has 2 aromatic rings. The molecule has 1 aromatic carbocycles. The van der Waals surface area contributed by atoms with Crippen LogP contribution < -0.4 is 5.32 Å². The molecule has 98 valence electrons. The molecule has 1 heterocycles. The number of carbonyl (C=O) groups is 1. The van der Waals surface area contributed by atoms with Crippen molar-refractivity contribution in [3.05, 3.63) is 39.9 Å². The fraction of sp³-hybridized carbons (Fsp3) is 0.250. The van der Waals surface area contributed by atoms with Crippen LogP contribution in [0.4, 0.5) is 10.4 Å². The summed E-state index contributed by atoms with van der Waals surface area (Å²) in [4.78, 5) is 11.9. The second-order valence-electron chi connectivity index (χ2n) is 4.30. The summed E-state index contributed by atoms with van der Waals surface area (Å²) in [5.74, 6) is -0.404. The zero-order chi connectivity index (χ0) is 13.4. The van der Waals surface area contributed by atoms with Crippen LogP contribution in [0.1, 0.15) is 35.0 Å². The molecule has 0 bridgehead atoms. The van der Waals surface area contributed by atoms with Gasteiger partial charge >= 0.3 is 6.01 Å². The third kappa shape index (κ3) is 2.65. The van der Waals surface area contributed by atoms with Crippen LogP contribution in [-0.2, 0) is 0 Å². The summed E-state index contributed by atoms with van der Waals surface area (Å²) >= 11 is 3.18. The first-order valence-electron chi connectivity index (χ1n) is 5.73. The number of nitrogens with one attached hydrogen (secondary N) is 1. The highest BCUT2D eigenvalue weighted by Crippen LogP contribution is 2.39. The second-order valence-corrected chi connectivity index (χ2v) is 5.21. The van der Waals surface area contributed by atoms with Gasteiger partial charge in [-0.05, 0) is 31.0 Å². The molecule has 1 aliphatic carbocycles. The first-order chi connectivity index (χ1) is 9.13. The molecular formula is C12H9BrFN3O2. The predicted octanol–water partition coefficient (Wildman–Crippen LogP) is 3.10. The molecule has 0 spiro atoms. The zero-order valence-corrected chi connectivity index (χ0v) is 11.3. The first kappa shape index (κ1) is 12.3. The molecule has 0 aliphatic heterocycles. The minimum Gasteiger partial charge on any atom is -0.408 e. The molecule has 19 heavy (non-hydrogen) atoms. The molecular weight excluding hydrogens is 317 g/mol. The number of benzene rings is 1. The van der Waals surface area contributed by atoms with E-state index in [2.05, 4.69) is 31.4 Å². The maximum absolute atomic E-state index is 13.5. The van der Waals surface area contributed by atoms with Crippen LogP contribution in [-0.4, -0.2) is 16.1 Å². The van der Waals surface area contributed by atoms with Crippen LogP contribution >= 0.6 is 15.9 Å². The van der Waals surface area contributed by atoms with Crippen molar-refractivity contribution >= 4 is 27.9 Å². The minimum absolute atomic E-state index is 0.00808. The normalized spacial score (nSPS) is 14.4. The fourth-order valence-corrected chi connectivity index (χ4v) is 1.98. The lowest BCUT2D eigenvalue weighted by Gasteiger charge is -2.02. The second kappa shape index (κ2) is 4.73. The Hall–Kier alpha value is -1.76. The molecule has 5 nitrogen and oxygen atoms in total. The Labute approximate surface area is 116 Å². The largest absolute Gasteiger partial charge is 0.408 e. The number of aromatic nitrogens is 2. The molecule has 1 saturated carbocycles. The van der Waals surface area contributed by atoms with Gasteiger partial charge in [0.1, 0.15) is 5.82 Å². The van der Waals surface area contributed by atoms with Gasteiger partial charge in [0, 0.05) is 10.4 Å². The molecule has 1 N–H and O–H groups in total. The number of amides is 1. The minimum atomic E-state index is -0.621. The van der Waals surface area contributed by atoms with Gasteiger partial charge in [0.2, 0.25) is 5.89 Å². The number of hydrogen-bond acceptors (Lipinski definition) is 4. The van der Waals surface area contributed by atoms with Crippen LogP contribution in [0.15, 0.2) is 27.1 Å². The molecule has 1 aliphatic rings. The van der Waals surface area contributed by atoms with E-state index in [1.165, 1.54) is 18.2 Å². The van der Waals surface area contributed by atoms with Crippen molar-refractivity contribution in [2.45, 2.75) is 18.8 Å². The van der Waals surface area contributed by atoms with E-state index in [0.717, 1.165) is 12.8 Å². The summed E-state index contributed by atoms with van der Waals surface area (Å²) < 4.78 is 19.4. The topological polar surface area (TPSA) is 68.0 Å². The average molecular weight is 326 g/mol. The number of anilines is 1. The summed E-state index contributed by atoms with van der Waals surface area (Å²) in [7, 11) is 0. The Bertz CT molecular complexity index is 640. The maximum Gasteiger partial charge on any atom is 0.322 e. The van der Waals surface area contributed by atoms with Gasteiger partial charge in [-0.3, -0.25) is 10.1 Å². The highest BCUT2D eigenvalue weighted by molar-refractivity contribution is 9.10. The molecule has 0 radical (unpaired) electrons. The number of hydrogen-bond donors (Lipinski definition) is 1.